The maximum absolute atomic E-state index is 6.40. The number of hydrogen-bond donors (Lipinski definition) is 0. The third kappa shape index (κ3) is 3.14. The van der Waals surface area contributed by atoms with Gasteiger partial charge in [-0.15, -0.1) is 0 Å². The van der Waals surface area contributed by atoms with E-state index in [1.807, 2.05) is 36.4 Å². The van der Waals surface area contributed by atoms with Crippen molar-refractivity contribution in [2.45, 2.75) is 4.83 Å². The summed E-state index contributed by atoms with van der Waals surface area (Å²) < 4.78 is 10.7. The normalized spacial score (nSPS) is 12.2. The maximum Gasteiger partial charge on any atom is 0.162 e. The predicted molar refractivity (Wildman–Crippen MR) is 97.1 cm³/mol. The molecule has 0 saturated heterocycles. The fourth-order valence-corrected chi connectivity index (χ4v) is 3.51. The van der Waals surface area contributed by atoms with Gasteiger partial charge in [-0.05, 0) is 17.7 Å². The summed E-state index contributed by atoms with van der Waals surface area (Å²) in [6.45, 7) is 0. The molecule has 0 amide bonds. The van der Waals surface area contributed by atoms with Crippen LogP contribution in [0.2, 0.25) is 5.15 Å². The summed E-state index contributed by atoms with van der Waals surface area (Å²) >= 11 is 10.1. The molecule has 0 aliphatic carbocycles. The van der Waals surface area contributed by atoms with Gasteiger partial charge in [0.25, 0.3) is 0 Å². The van der Waals surface area contributed by atoms with Gasteiger partial charge < -0.3 is 9.47 Å². The Morgan fingerprint density at radius 3 is 2.30 bits per heavy atom. The van der Waals surface area contributed by atoms with Crippen LogP contribution in [-0.2, 0) is 0 Å². The fraction of sp³-hybridized carbons (Fsp3) is 0.167. The molecular formula is C18H15BrClNO2. The van der Waals surface area contributed by atoms with Gasteiger partial charge in [0.2, 0.25) is 0 Å². The third-order valence-corrected chi connectivity index (χ3v) is 4.99. The van der Waals surface area contributed by atoms with Gasteiger partial charge in [-0.1, -0.05) is 57.9 Å². The first-order valence-electron chi connectivity index (χ1n) is 7.05. The van der Waals surface area contributed by atoms with Gasteiger partial charge in [-0.3, -0.25) is 0 Å². The zero-order valence-electron chi connectivity index (χ0n) is 12.7. The van der Waals surface area contributed by atoms with Crippen LogP contribution in [0.1, 0.15) is 16.0 Å². The Bertz CT molecular complexity index is 839. The molecule has 3 aromatic rings. The number of nitrogens with zero attached hydrogens (tertiary/aromatic N) is 1. The van der Waals surface area contributed by atoms with E-state index in [4.69, 9.17) is 21.1 Å². The summed E-state index contributed by atoms with van der Waals surface area (Å²) in [6.07, 6.45) is 0. The van der Waals surface area contributed by atoms with E-state index in [9.17, 15) is 0 Å². The highest BCUT2D eigenvalue weighted by Gasteiger charge is 2.17. The van der Waals surface area contributed by atoms with E-state index >= 15 is 0 Å². The fourth-order valence-electron chi connectivity index (χ4n) is 2.47. The van der Waals surface area contributed by atoms with Crippen molar-refractivity contribution in [3.05, 3.63) is 64.8 Å². The second-order valence-corrected chi connectivity index (χ2v) is 6.32. The number of halogens is 2. The first kappa shape index (κ1) is 16.1. The van der Waals surface area contributed by atoms with E-state index in [2.05, 4.69) is 33.0 Å². The molecule has 5 heteroatoms. The van der Waals surface area contributed by atoms with Crippen LogP contribution >= 0.6 is 27.5 Å². The average Bonchev–Trinajstić information content (AvgIpc) is 2.60. The van der Waals surface area contributed by atoms with Gasteiger partial charge in [-0.25, -0.2) is 4.98 Å². The Morgan fingerprint density at radius 1 is 1.00 bits per heavy atom. The van der Waals surface area contributed by atoms with Crippen LogP contribution in [-0.4, -0.2) is 19.2 Å². The topological polar surface area (TPSA) is 31.4 Å². The lowest BCUT2D eigenvalue weighted by Gasteiger charge is -2.14. The molecule has 0 radical (unpaired) electrons. The zero-order chi connectivity index (χ0) is 16.4. The highest BCUT2D eigenvalue weighted by Crippen LogP contribution is 2.38. The molecule has 2 aromatic carbocycles. The van der Waals surface area contributed by atoms with Crippen molar-refractivity contribution in [1.29, 1.82) is 0 Å². The first-order valence-corrected chi connectivity index (χ1v) is 8.34. The summed E-state index contributed by atoms with van der Waals surface area (Å²) in [6, 6.07) is 15.9. The number of alkyl halides is 1. The van der Waals surface area contributed by atoms with E-state index in [0.29, 0.717) is 16.7 Å². The largest absolute Gasteiger partial charge is 0.493 e. The average molecular weight is 393 g/mol. The summed E-state index contributed by atoms with van der Waals surface area (Å²) in [5, 5.41) is 1.41. The summed E-state index contributed by atoms with van der Waals surface area (Å²) in [7, 11) is 3.22. The molecule has 118 valence electrons. The van der Waals surface area contributed by atoms with Crippen molar-refractivity contribution < 1.29 is 9.47 Å². The van der Waals surface area contributed by atoms with E-state index in [-0.39, 0.29) is 4.83 Å². The number of ether oxygens (including phenoxy) is 2. The van der Waals surface area contributed by atoms with Crippen molar-refractivity contribution in [2.75, 3.05) is 14.2 Å². The van der Waals surface area contributed by atoms with Crippen molar-refractivity contribution in [2.24, 2.45) is 0 Å². The van der Waals surface area contributed by atoms with Crippen LogP contribution in [0.4, 0.5) is 0 Å². The van der Waals surface area contributed by atoms with E-state index in [0.717, 1.165) is 22.0 Å². The molecular weight excluding hydrogens is 378 g/mol. The van der Waals surface area contributed by atoms with Crippen LogP contribution in [0.3, 0.4) is 0 Å². The lowest BCUT2D eigenvalue weighted by Crippen LogP contribution is -1.97. The predicted octanol–water partition coefficient (Wildman–Crippen LogP) is 5.39. The molecule has 3 rings (SSSR count). The van der Waals surface area contributed by atoms with Gasteiger partial charge in [0.05, 0.1) is 24.6 Å². The van der Waals surface area contributed by atoms with Crippen LogP contribution in [0.25, 0.3) is 10.9 Å². The second kappa shape index (κ2) is 6.77. The van der Waals surface area contributed by atoms with Crippen LogP contribution in [0, 0.1) is 0 Å². The van der Waals surface area contributed by atoms with Crippen molar-refractivity contribution in [3.8, 4) is 11.5 Å². The standard InChI is InChI=1S/C18H15BrClNO2/c1-22-15-9-12-8-13(17(19)11-6-4-3-5-7-11)18(20)21-14(12)10-16(15)23-2/h3-10,17H,1-2H3. The summed E-state index contributed by atoms with van der Waals surface area (Å²) in [4.78, 5) is 4.48. The molecule has 0 aliphatic heterocycles. The molecule has 0 aliphatic rings. The third-order valence-electron chi connectivity index (χ3n) is 3.67. The highest BCUT2D eigenvalue weighted by atomic mass is 79.9. The van der Waals surface area contributed by atoms with Crippen LogP contribution in [0.5, 0.6) is 11.5 Å². The molecule has 1 atom stereocenters. The molecule has 0 N–H and O–H groups in total. The van der Waals surface area contributed by atoms with Gasteiger partial charge in [0.1, 0.15) is 5.15 Å². The number of pyridine rings is 1. The molecule has 1 aromatic heterocycles. The Balaban J connectivity index is 2.13. The minimum Gasteiger partial charge on any atom is -0.493 e. The van der Waals surface area contributed by atoms with Crippen LogP contribution < -0.4 is 9.47 Å². The van der Waals surface area contributed by atoms with E-state index in [1.165, 1.54) is 0 Å². The van der Waals surface area contributed by atoms with Crippen LogP contribution in [0.15, 0.2) is 48.5 Å². The van der Waals surface area contributed by atoms with Crippen molar-refractivity contribution in [3.63, 3.8) is 0 Å². The Labute approximate surface area is 148 Å². The molecule has 1 unspecified atom stereocenters. The smallest absolute Gasteiger partial charge is 0.162 e. The number of benzene rings is 2. The molecule has 0 fully saturated rings. The van der Waals surface area contributed by atoms with Gasteiger partial charge >= 0.3 is 0 Å². The minimum atomic E-state index is -0.0267. The molecule has 0 bridgehead atoms. The van der Waals surface area contributed by atoms with E-state index < -0.39 is 0 Å². The first-order chi connectivity index (χ1) is 11.1. The molecule has 23 heavy (non-hydrogen) atoms. The monoisotopic (exact) mass is 391 g/mol. The second-order valence-electron chi connectivity index (χ2n) is 5.04. The van der Waals surface area contributed by atoms with Crippen molar-refractivity contribution in [1.82, 2.24) is 4.98 Å². The lowest BCUT2D eigenvalue weighted by molar-refractivity contribution is 0.356. The maximum atomic E-state index is 6.40. The van der Waals surface area contributed by atoms with Gasteiger partial charge in [0.15, 0.2) is 11.5 Å². The minimum absolute atomic E-state index is 0.0267. The zero-order valence-corrected chi connectivity index (χ0v) is 15.1. The molecule has 1 heterocycles. The Hall–Kier alpha value is -1.78. The number of fused-ring (bicyclic) bond motifs is 1. The van der Waals surface area contributed by atoms with E-state index in [1.54, 1.807) is 14.2 Å². The number of aromatic nitrogens is 1. The summed E-state index contributed by atoms with van der Waals surface area (Å²) in [5.74, 6) is 1.30. The summed E-state index contributed by atoms with van der Waals surface area (Å²) in [5.41, 5.74) is 2.80. The molecule has 0 spiro atoms. The molecule has 0 saturated carbocycles. The van der Waals surface area contributed by atoms with Gasteiger partial charge in [0, 0.05) is 17.0 Å². The Kier molecular flexibility index (Phi) is 4.74. The lowest BCUT2D eigenvalue weighted by atomic mass is 10.0. The molecule has 3 nitrogen and oxygen atoms in total. The highest BCUT2D eigenvalue weighted by molar-refractivity contribution is 9.09. The number of methoxy groups -OCH3 is 2. The van der Waals surface area contributed by atoms with Crippen molar-refractivity contribution >= 4 is 38.4 Å². The SMILES string of the molecule is COc1cc2cc(C(Br)c3ccccc3)c(Cl)nc2cc1OC. The number of hydrogen-bond acceptors (Lipinski definition) is 3. The Morgan fingerprint density at radius 2 is 1.65 bits per heavy atom. The quantitative estimate of drug-likeness (QED) is 0.440. The number of rotatable bonds is 4. The van der Waals surface area contributed by atoms with Gasteiger partial charge in [-0.2, -0.15) is 0 Å².